The highest BCUT2D eigenvalue weighted by Crippen LogP contribution is 2.16. The zero-order valence-corrected chi connectivity index (χ0v) is 13.4. The van der Waals surface area contributed by atoms with E-state index in [0.717, 1.165) is 17.1 Å². The largest absolute Gasteiger partial charge is 0.494 e. The average Bonchev–Trinajstić information content (AvgIpc) is 2.49. The van der Waals surface area contributed by atoms with Gasteiger partial charge in [0.2, 0.25) is 0 Å². The van der Waals surface area contributed by atoms with E-state index in [2.05, 4.69) is 10.6 Å². The second kappa shape index (κ2) is 7.56. The molecule has 22 heavy (non-hydrogen) atoms. The van der Waals surface area contributed by atoms with E-state index >= 15 is 0 Å². The van der Waals surface area contributed by atoms with Crippen molar-refractivity contribution in [2.45, 2.75) is 13.8 Å². The SMILES string of the molecule is CCOc1ccc(NC(=S)Nc2cccc(C(C)=O)c2)cc1. The van der Waals surface area contributed by atoms with E-state index in [-0.39, 0.29) is 5.78 Å². The topological polar surface area (TPSA) is 50.4 Å². The molecule has 0 atom stereocenters. The van der Waals surface area contributed by atoms with Crippen molar-refractivity contribution in [3.8, 4) is 5.75 Å². The minimum absolute atomic E-state index is 0.0223. The molecule has 0 spiro atoms. The van der Waals surface area contributed by atoms with Gasteiger partial charge in [-0.15, -0.1) is 0 Å². The van der Waals surface area contributed by atoms with Crippen LogP contribution in [0.3, 0.4) is 0 Å². The molecule has 2 aromatic carbocycles. The zero-order valence-electron chi connectivity index (χ0n) is 12.6. The van der Waals surface area contributed by atoms with Gasteiger partial charge in [-0.3, -0.25) is 4.79 Å². The molecule has 2 aromatic rings. The van der Waals surface area contributed by atoms with Crippen molar-refractivity contribution < 1.29 is 9.53 Å². The molecule has 0 unspecified atom stereocenters. The van der Waals surface area contributed by atoms with Gasteiger partial charge in [0.1, 0.15) is 5.75 Å². The van der Waals surface area contributed by atoms with Crippen LogP contribution in [0.2, 0.25) is 0 Å². The van der Waals surface area contributed by atoms with Gasteiger partial charge in [-0.2, -0.15) is 0 Å². The van der Waals surface area contributed by atoms with Crippen molar-refractivity contribution in [3.63, 3.8) is 0 Å². The molecular weight excluding hydrogens is 296 g/mol. The minimum Gasteiger partial charge on any atom is -0.494 e. The number of ketones is 1. The molecule has 2 rings (SSSR count). The predicted molar refractivity (Wildman–Crippen MR) is 93.9 cm³/mol. The Morgan fingerprint density at radius 1 is 1.09 bits per heavy atom. The van der Waals surface area contributed by atoms with Crippen LogP contribution in [0, 0.1) is 0 Å². The number of Topliss-reactive ketones (excluding diaryl/α,β-unsaturated/α-hetero) is 1. The van der Waals surface area contributed by atoms with Gasteiger partial charge < -0.3 is 15.4 Å². The lowest BCUT2D eigenvalue weighted by atomic mass is 10.1. The average molecular weight is 314 g/mol. The molecule has 0 radical (unpaired) electrons. The molecule has 0 aliphatic heterocycles. The quantitative estimate of drug-likeness (QED) is 0.643. The Hall–Kier alpha value is -2.40. The monoisotopic (exact) mass is 314 g/mol. The third kappa shape index (κ3) is 4.56. The van der Waals surface area contributed by atoms with Crippen LogP contribution in [0.25, 0.3) is 0 Å². The fraction of sp³-hybridized carbons (Fsp3) is 0.176. The molecule has 0 bridgehead atoms. The standard InChI is InChI=1S/C17H18N2O2S/c1-3-21-16-9-7-14(8-10-16)18-17(22)19-15-6-4-5-13(11-15)12(2)20/h4-11H,3H2,1-2H3,(H2,18,19,22). The maximum absolute atomic E-state index is 11.4. The van der Waals surface area contributed by atoms with Crippen molar-refractivity contribution in [2.75, 3.05) is 17.2 Å². The number of benzene rings is 2. The Morgan fingerprint density at radius 3 is 2.41 bits per heavy atom. The lowest BCUT2D eigenvalue weighted by Gasteiger charge is -2.11. The number of rotatable bonds is 5. The molecule has 0 saturated carbocycles. The Balaban J connectivity index is 1.97. The normalized spacial score (nSPS) is 9.91. The van der Waals surface area contributed by atoms with Gasteiger partial charge in [-0.1, -0.05) is 12.1 Å². The van der Waals surface area contributed by atoms with Crippen molar-refractivity contribution in [1.82, 2.24) is 0 Å². The summed E-state index contributed by atoms with van der Waals surface area (Å²) in [5, 5.41) is 6.61. The summed E-state index contributed by atoms with van der Waals surface area (Å²) in [5.74, 6) is 0.843. The first kappa shape index (κ1) is 16.0. The van der Waals surface area contributed by atoms with E-state index in [0.29, 0.717) is 17.3 Å². The van der Waals surface area contributed by atoms with Crippen LogP contribution in [0.5, 0.6) is 5.75 Å². The molecule has 0 aromatic heterocycles. The van der Waals surface area contributed by atoms with Gasteiger partial charge in [0.15, 0.2) is 10.9 Å². The minimum atomic E-state index is 0.0223. The van der Waals surface area contributed by atoms with Crippen LogP contribution in [-0.2, 0) is 0 Å². The summed E-state index contributed by atoms with van der Waals surface area (Å²) >= 11 is 5.27. The maximum Gasteiger partial charge on any atom is 0.175 e. The highest BCUT2D eigenvalue weighted by molar-refractivity contribution is 7.80. The van der Waals surface area contributed by atoms with E-state index in [4.69, 9.17) is 17.0 Å². The maximum atomic E-state index is 11.4. The van der Waals surface area contributed by atoms with Gasteiger partial charge in [0.05, 0.1) is 6.61 Å². The van der Waals surface area contributed by atoms with Crippen LogP contribution in [-0.4, -0.2) is 17.5 Å². The first-order valence-electron chi connectivity index (χ1n) is 7.00. The summed E-state index contributed by atoms with van der Waals surface area (Å²) in [6, 6.07) is 14.8. The Bertz CT molecular complexity index is 669. The Labute approximate surface area is 135 Å². The van der Waals surface area contributed by atoms with E-state index in [1.54, 1.807) is 12.1 Å². The van der Waals surface area contributed by atoms with Crippen molar-refractivity contribution in [3.05, 3.63) is 54.1 Å². The van der Waals surface area contributed by atoms with Crippen LogP contribution in [0.15, 0.2) is 48.5 Å². The van der Waals surface area contributed by atoms with Crippen molar-refractivity contribution >= 4 is 34.5 Å². The summed E-state index contributed by atoms with van der Waals surface area (Å²) in [6.07, 6.45) is 0. The molecular formula is C17H18N2O2S. The van der Waals surface area contributed by atoms with E-state index < -0.39 is 0 Å². The first-order valence-corrected chi connectivity index (χ1v) is 7.41. The van der Waals surface area contributed by atoms with Crippen molar-refractivity contribution in [1.29, 1.82) is 0 Å². The highest BCUT2D eigenvalue weighted by Gasteiger charge is 2.03. The molecule has 0 aliphatic carbocycles. The fourth-order valence-corrected chi connectivity index (χ4v) is 2.15. The second-order valence-electron chi connectivity index (χ2n) is 4.67. The van der Waals surface area contributed by atoms with Crippen LogP contribution < -0.4 is 15.4 Å². The van der Waals surface area contributed by atoms with E-state index in [9.17, 15) is 4.79 Å². The zero-order chi connectivity index (χ0) is 15.9. The van der Waals surface area contributed by atoms with Gasteiger partial charge in [0.25, 0.3) is 0 Å². The van der Waals surface area contributed by atoms with Gasteiger partial charge in [-0.05, 0) is 62.5 Å². The molecule has 2 N–H and O–H groups in total. The number of thiocarbonyl (C=S) groups is 1. The molecule has 0 aliphatic rings. The smallest absolute Gasteiger partial charge is 0.175 e. The fourth-order valence-electron chi connectivity index (χ4n) is 1.91. The second-order valence-corrected chi connectivity index (χ2v) is 5.08. The molecule has 0 saturated heterocycles. The molecule has 4 nitrogen and oxygen atoms in total. The number of hydrogen-bond donors (Lipinski definition) is 2. The van der Waals surface area contributed by atoms with Crippen molar-refractivity contribution in [2.24, 2.45) is 0 Å². The summed E-state index contributed by atoms with van der Waals surface area (Å²) in [4.78, 5) is 11.4. The van der Waals surface area contributed by atoms with E-state index in [1.165, 1.54) is 6.92 Å². The summed E-state index contributed by atoms with van der Waals surface area (Å²) < 4.78 is 5.39. The number of hydrogen-bond acceptors (Lipinski definition) is 3. The lowest BCUT2D eigenvalue weighted by Crippen LogP contribution is -2.19. The summed E-state index contributed by atoms with van der Waals surface area (Å²) in [5.41, 5.74) is 2.29. The number of anilines is 2. The highest BCUT2D eigenvalue weighted by atomic mass is 32.1. The molecule has 114 valence electrons. The molecule has 0 fully saturated rings. The van der Waals surface area contributed by atoms with Gasteiger partial charge in [-0.25, -0.2) is 0 Å². The summed E-state index contributed by atoms with van der Waals surface area (Å²) in [7, 11) is 0. The van der Waals surface area contributed by atoms with Crippen LogP contribution in [0.4, 0.5) is 11.4 Å². The molecule has 0 heterocycles. The van der Waals surface area contributed by atoms with Gasteiger partial charge in [0, 0.05) is 16.9 Å². The third-order valence-corrected chi connectivity index (χ3v) is 3.15. The van der Waals surface area contributed by atoms with E-state index in [1.807, 2.05) is 43.3 Å². The third-order valence-electron chi connectivity index (χ3n) is 2.95. The number of carbonyl (C=O) groups is 1. The number of ether oxygens (including phenoxy) is 1. The summed E-state index contributed by atoms with van der Waals surface area (Å²) in [6.45, 7) is 4.12. The van der Waals surface area contributed by atoms with Gasteiger partial charge >= 0.3 is 0 Å². The van der Waals surface area contributed by atoms with Crippen LogP contribution in [0.1, 0.15) is 24.2 Å². The number of carbonyl (C=O) groups excluding carboxylic acids is 1. The lowest BCUT2D eigenvalue weighted by molar-refractivity contribution is 0.101. The predicted octanol–water partition coefficient (Wildman–Crippen LogP) is 4.10. The number of nitrogens with one attached hydrogen (secondary N) is 2. The molecule has 5 heteroatoms. The van der Waals surface area contributed by atoms with Crippen LogP contribution >= 0.6 is 12.2 Å². The Morgan fingerprint density at radius 2 is 1.77 bits per heavy atom. The Kier molecular flexibility index (Phi) is 5.49. The molecule has 0 amide bonds. The first-order chi connectivity index (χ1) is 10.6.